The number of nitrogens with two attached hydrogens (primary N) is 1. The molecular formula is C12H24N2O3. The topological polar surface area (TPSA) is 81.4 Å². The molecule has 100 valence electrons. The van der Waals surface area contributed by atoms with E-state index in [0.29, 0.717) is 12.3 Å². The number of hydrogen-bond donors (Lipinski definition) is 2. The van der Waals surface area contributed by atoms with Crippen LogP contribution in [0.5, 0.6) is 0 Å². The maximum atomic E-state index is 11.8. The summed E-state index contributed by atoms with van der Waals surface area (Å²) in [6.45, 7) is 7.67. The fraction of sp³-hybridized carbons (Fsp3) is 0.833. The third kappa shape index (κ3) is 5.68. The molecule has 0 aliphatic heterocycles. The lowest BCUT2D eigenvalue weighted by molar-refractivity contribution is -0.146. The highest BCUT2D eigenvalue weighted by molar-refractivity contribution is 5.87. The van der Waals surface area contributed by atoms with Crippen molar-refractivity contribution in [2.24, 2.45) is 17.6 Å². The Labute approximate surface area is 103 Å². The second-order valence-electron chi connectivity index (χ2n) is 4.99. The molecule has 2 atom stereocenters. The predicted molar refractivity (Wildman–Crippen MR) is 66.2 cm³/mol. The van der Waals surface area contributed by atoms with Gasteiger partial charge in [0.1, 0.15) is 6.04 Å². The number of carbonyl (C=O) groups excluding carboxylic acids is 2. The Balaban J connectivity index is 4.45. The fourth-order valence-electron chi connectivity index (χ4n) is 1.50. The van der Waals surface area contributed by atoms with Gasteiger partial charge in [-0.15, -0.1) is 0 Å². The number of amides is 1. The lowest BCUT2D eigenvalue weighted by atomic mass is 10.0. The van der Waals surface area contributed by atoms with Gasteiger partial charge in [-0.1, -0.05) is 27.7 Å². The van der Waals surface area contributed by atoms with E-state index in [1.165, 1.54) is 7.11 Å². The van der Waals surface area contributed by atoms with Gasteiger partial charge in [-0.2, -0.15) is 0 Å². The molecule has 0 aromatic heterocycles. The van der Waals surface area contributed by atoms with Crippen molar-refractivity contribution in [2.45, 2.75) is 46.2 Å². The lowest BCUT2D eigenvalue weighted by Crippen LogP contribution is -2.51. The van der Waals surface area contributed by atoms with E-state index in [4.69, 9.17) is 5.73 Å². The number of hydrogen-bond acceptors (Lipinski definition) is 4. The number of carbonyl (C=O) groups is 2. The smallest absolute Gasteiger partial charge is 0.328 e. The van der Waals surface area contributed by atoms with Crippen molar-refractivity contribution in [3.63, 3.8) is 0 Å². The summed E-state index contributed by atoms with van der Waals surface area (Å²) in [4.78, 5) is 23.2. The molecule has 0 aromatic rings. The zero-order chi connectivity index (χ0) is 13.6. The Morgan fingerprint density at radius 3 is 2.12 bits per heavy atom. The van der Waals surface area contributed by atoms with Gasteiger partial charge < -0.3 is 15.8 Å². The number of esters is 1. The van der Waals surface area contributed by atoms with Gasteiger partial charge in [0.25, 0.3) is 0 Å². The first-order valence-electron chi connectivity index (χ1n) is 5.93. The summed E-state index contributed by atoms with van der Waals surface area (Å²) in [5.41, 5.74) is 5.74. The average Bonchev–Trinajstić information content (AvgIpc) is 2.22. The summed E-state index contributed by atoms with van der Waals surface area (Å²) in [6.07, 6.45) is 0.595. The van der Waals surface area contributed by atoms with Crippen molar-refractivity contribution in [2.75, 3.05) is 7.11 Å². The summed E-state index contributed by atoms with van der Waals surface area (Å²) < 4.78 is 4.64. The highest BCUT2D eigenvalue weighted by atomic mass is 16.5. The van der Waals surface area contributed by atoms with Gasteiger partial charge in [0, 0.05) is 0 Å². The summed E-state index contributed by atoms with van der Waals surface area (Å²) in [7, 11) is 1.30. The Bertz CT molecular complexity index is 264. The zero-order valence-corrected chi connectivity index (χ0v) is 11.3. The summed E-state index contributed by atoms with van der Waals surface area (Å²) in [5.74, 6) is -0.433. The highest BCUT2D eigenvalue weighted by Gasteiger charge is 2.27. The number of nitrogens with one attached hydrogen (secondary N) is 1. The molecule has 5 heteroatoms. The van der Waals surface area contributed by atoms with Gasteiger partial charge in [0.05, 0.1) is 13.2 Å². The van der Waals surface area contributed by atoms with Gasteiger partial charge in [0.15, 0.2) is 0 Å². The maximum absolute atomic E-state index is 11.8. The van der Waals surface area contributed by atoms with Crippen LogP contribution in [0.4, 0.5) is 0 Å². The van der Waals surface area contributed by atoms with E-state index >= 15 is 0 Å². The van der Waals surface area contributed by atoms with Crippen molar-refractivity contribution < 1.29 is 14.3 Å². The molecule has 0 saturated heterocycles. The maximum Gasteiger partial charge on any atom is 0.328 e. The van der Waals surface area contributed by atoms with Crippen LogP contribution in [0.2, 0.25) is 0 Å². The van der Waals surface area contributed by atoms with Gasteiger partial charge in [0.2, 0.25) is 5.91 Å². The van der Waals surface area contributed by atoms with E-state index in [1.807, 2.05) is 27.7 Å². The second-order valence-corrected chi connectivity index (χ2v) is 4.99. The first-order chi connectivity index (χ1) is 7.79. The Kier molecular flexibility index (Phi) is 6.80. The van der Waals surface area contributed by atoms with Crippen LogP contribution in [0.25, 0.3) is 0 Å². The largest absolute Gasteiger partial charge is 0.467 e. The minimum absolute atomic E-state index is 0.0300. The van der Waals surface area contributed by atoms with E-state index in [-0.39, 0.29) is 11.8 Å². The van der Waals surface area contributed by atoms with Crippen LogP contribution in [0.3, 0.4) is 0 Å². The van der Waals surface area contributed by atoms with Crippen LogP contribution in [0.15, 0.2) is 0 Å². The first kappa shape index (κ1) is 15.9. The summed E-state index contributed by atoms with van der Waals surface area (Å²) in [6, 6.07) is -1.22. The normalized spacial score (nSPS) is 14.6. The lowest BCUT2D eigenvalue weighted by Gasteiger charge is -2.22. The predicted octanol–water partition coefficient (Wildman–Crippen LogP) is 0.674. The molecule has 1 unspecified atom stereocenters. The van der Waals surface area contributed by atoms with Crippen molar-refractivity contribution in [1.82, 2.24) is 5.32 Å². The Hall–Kier alpha value is -1.10. The molecule has 0 rings (SSSR count). The molecule has 17 heavy (non-hydrogen) atoms. The zero-order valence-electron chi connectivity index (χ0n) is 11.3. The highest BCUT2D eigenvalue weighted by Crippen LogP contribution is 2.06. The van der Waals surface area contributed by atoms with E-state index < -0.39 is 18.1 Å². The third-order valence-electron chi connectivity index (χ3n) is 2.48. The minimum atomic E-state index is -0.634. The van der Waals surface area contributed by atoms with Crippen LogP contribution in [0, 0.1) is 11.8 Å². The molecule has 0 fully saturated rings. The van der Waals surface area contributed by atoms with Gasteiger partial charge in [-0.3, -0.25) is 4.79 Å². The standard InChI is InChI=1S/C12H24N2O3/c1-7(2)6-9(13)11(15)14-10(8(3)4)12(16)17-5/h7-10H,6,13H2,1-5H3,(H,14,15)/t9-,10?/m0/s1. The molecule has 5 nitrogen and oxygen atoms in total. The quantitative estimate of drug-likeness (QED) is 0.673. The van der Waals surface area contributed by atoms with Crippen molar-refractivity contribution in [1.29, 1.82) is 0 Å². The summed E-state index contributed by atoms with van der Waals surface area (Å²) in [5, 5.41) is 2.63. The van der Waals surface area contributed by atoms with Crippen LogP contribution in [-0.2, 0) is 14.3 Å². The van der Waals surface area contributed by atoms with Crippen LogP contribution in [0.1, 0.15) is 34.1 Å². The van der Waals surface area contributed by atoms with Crippen molar-refractivity contribution >= 4 is 11.9 Å². The molecule has 0 aliphatic rings. The van der Waals surface area contributed by atoms with E-state index in [0.717, 1.165) is 0 Å². The van der Waals surface area contributed by atoms with Gasteiger partial charge in [-0.05, 0) is 18.3 Å². The molecule has 0 heterocycles. The average molecular weight is 244 g/mol. The fourth-order valence-corrected chi connectivity index (χ4v) is 1.50. The van der Waals surface area contributed by atoms with Gasteiger partial charge >= 0.3 is 5.97 Å². The third-order valence-corrected chi connectivity index (χ3v) is 2.48. The van der Waals surface area contributed by atoms with Crippen molar-refractivity contribution in [3.8, 4) is 0 Å². The van der Waals surface area contributed by atoms with Gasteiger partial charge in [-0.25, -0.2) is 4.79 Å². The minimum Gasteiger partial charge on any atom is -0.467 e. The Morgan fingerprint density at radius 1 is 1.24 bits per heavy atom. The van der Waals surface area contributed by atoms with Crippen LogP contribution < -0.4 is 11.1 Å². The monoisotopic (exact) mass is 244 g/mol. The molecule has 0 bridgehead atoms. The molecule has 0 spiro atoms. The molecule has 1 amide bonds. The molecular weight excluding hydrogens is 220 g/mol. The molecule has 0 aromatic carbocycles. The van der Waals surface area contributed by atoms with Crippen molar-refractivity contribution in [3.05, 3.63) is 0 Å². The van der Waals surface area contributed by atoms with E-state index in [2.05, 4.69) is 10.1 Å². The number of methoxy groups -OCH3 is 1. The SMILES string of the molecule is COC(=O)C(NC(=O)[C@@H](N)CC(C)C)C(C)C. The molecule has 0 aliphatic carbocycles. The van der Waals surface area contributed by atoms with Crippen LogP contribution in [-0.4, -0.2) is 31.1 Å². The molecule has 0 radical (unpaired) electrons. The Morgan fingerprint density at radius 2 is 1.76 bits per heavy atom. The van der Waals surface area contributed by atoms with E-state index in [1.54, 1.807) is 0 Å². The first-order valence-corrected chi connectivity index (χ1v) is 5.93. The number of rotatable bonds is 6. The number of ether oxygens (including phenoxy) is 1. The second kappa shape index (κ2) is 7.27. The van der Waals surface area contributed by atoms with E-state index in [9.17, 15) is 9.59 Å². The van der Waals surface area contributed by atoms with Crippen LogP contribution >= 0.6 is 0 Å². The summed E-state index contributed by atoms with van der Waals surface area (Å²) >= 11 is 0. The molecule has 0 saturated carbocycles. The molecule has 3 N–H and O–H groups in total.